The summed E-state index contributed by atoms with van der Waals surface area (Å²) in [7, 11) is 0. The molecule has 20 heavy (non-hydrogen) atoms. The summed E-state index contributed by atoms with van der Waals surface area (Å²) < 4.78 is 1.85. The van der Waals surface area contributed by atoms with Gasteiger partial charge in [-0.15, -0.1) is 0 Å². The molecule has 0 spiro atoms. The van der Waals surface area contributed by atoms with Crippen molar-refractivity contribution in [2.24, 2.45) is 0 Å². The van der Waals surface area contributed by atoms with Gasteiger partial charge in [-0.3, -0.25) is 4.68 Å². The molecule has 0 amide bonds. The molecule has 2 heterocycles. The molecular formula is C14H12ClN5. The molecule has 0 aliphatic rings. The van der Waals surface area contributed by atoms with Gasteiger partial charge >= 0.3 is 0 Å². The lowest BCUT2D eigenvalue weighted by molar-refractivity contribution is 0.687. The van der Waals surface area contributed by atoms with Gasteiger partial charge in [-0.2, -0.15) is 5.10 Å². The molecule has 1 aromatic carbocycles. The van der Waals surface area contributed by atoms with E-state index in [2.05, 4.69) is 32.5 Å². The van der Waals surface area contributed by atoms with Crippen LogP contribution in [0, 0.1) is 0 Å². The van der Waals surface area contributed by atoms with Crippen LogP contribution in [0.5, 0.6) is 0 Å². The lowest BCUT2D eigenvalue weighted by Crippen LogP contribution is -1.99. The molecule has 1 N–H and O–H groups in total. The third-order valence-corrected chi connectivity index (χ3v) is 3.01. The average Bonchev–Trinajstić information content (AvgIpc) is 2.90. The van der Waals surface area contributed by atoms with Gasteiger partial charge in [0, 0.05) is 18.6 Å². The summed E-state index contributed by atoms with van der Waals surface area (Å²) in [5.74, 6) is 0.522. The molecule has 0 saturated heterocycles. The first-order chi connectivity index (χ1) is 9.81. The quantitative estimate of drug-likeness (QED) is 0.800. The summed E-state index contributed by atoms with van der Waals surface area (Å²) in [5.41, 5.74) is 2.02. The Morgan fingerprint density at radius 1 is 1.10 bits per heavy atom. The normalized spacial score (nSPS) is 10.4. The molecule has 0 fully saturated rings. The number of aromatic nitrogens is 4. The Balaban J connectivity index is 1.73. The van der Waals surface area contributed by atoms with E-state index in [4.69, 9.17) is 11.6 Å². The summed E-state index contributed by atoms with van der Waals surface area (Å²) in [6.07, 6.45) is 6.76. The minimum Gasteiger partial charge on any atom is -0.335 e. The van der Waals surface area contributed by atoms with E-state index < -0.39 is 0 Å². The van der Waals surface area contributed by atoms with E-state index >= 15 is 0 Å². The molecular weight excluding hydrogens is 274 g/mol. The molecule has 2 aromatic heterocycles. The van der Waals surface area contributed by atoms with E-state index in [1.165, 1.54) is 5.56 Å². The van der Waals surface area contributed by atoms with E-state index in [-0.39, 0.29) is 0 Å². The number of hydrogen-bond donors (Lipinski definition) is 1. The van der Waals surface area contributed by atoms with Crippen LogP contribution in [0.3, 0.4) is 0 Å². The maximum atomic E-state index is 5.95. The molecule has 0 bridgehead atoms. The highest BCUT2D eigenvalue weighted by atomic mass is 35.5. The third kappa shape index (κ3) is 2.95. The standard InChI is InChI=1S/C14H12ClN5/c15-13-14(17-7-6-16-13)19-12-8-18-20(10-12)9-11-4-2-1-3-5-11/h1-8,10H,9H2,(H,17,19). The van der Waals surface area contributed by atoms with Gasteiger partial charge in [0.15, 0.2) is 11.0 Å². The van der Waals surface area contributed by atoms with Crippen molar-refractivity contribution in [3.05, 3.63) is 65.8 Å². The molecule has 3 rings (SSSR count). The van der Waals surface area contributed by atoms with Gasteiger partial charge in [-0.05, 0) is 5.56 Å². The number of nitrogens with one attached hydrogen (secondary N) is 1. The minimum absolute atomic E-state index is 0.336. The van der Waals surface area contributed by atoms with Crippen LogP contribution in [0.4, 0.5) is 11.5 Å². The largest absolute Gasteiger partial charge is 0.335 e. The summed E-state index contributed by atoms with van der Waals surface area (Å²) in [5, 5.41) is 7.73. The first-order valence-corrected chi connectivity index (χ1v) is 6.49. The maximum absolute atomic E-state index is 5.95. The zero-order valence-corrected chi connectivity index (χ0v) is 11.3. The number of anilines is 2. The Labute approximate surface area is 121 Å². The van der Waals surface area contributed by atoms with Crippen LogP contribution >= 0.6 is 11.6 Å². The highest BCUT2D eigenvalue weighted by Crippen LogP contribution is 2.19. The maximum Gasteiger partial charge on any atom is 0.171 e. The Bertz CT molecular complexity index is 696. The van der Waals surface area contributed by atoms with Crippen molar-refractivity contribution in [2.45, 2.75) is 6.54 Å². The number of halogens is 1. The number of hydrogen-bond acceptors (Lipinski definition) is 4. The Kier molecular flexibility index (Phi) is 3.60. The Morgan fingerprint density at radius 2 is 1.90 bits per heavy atom. The van der Waals surface area contributed by atoms with Crippen molar-refractivity contribution in [2.75, 3.05) is 5.32 Å². The molecule has 0 unspecified atom stereocenters. The van der Waals surface area contributed by atoms with E-state index in [0.29, 0.717) is 11.0 Å². The van der Waals surface area contributed by atoms with Crippen LogP contribution in [0.1, 0.15) is 5.56 Å². The fraction of sp³-hybridized carbons (Fsp3) is 0.0714. The second kappa shape index (κ2) is 5.71. The number of nitrogens with zero attached hydrogens (tertiary/aromatic N) is 4. The van der Waals surface area contributed by atoms with Gasteiger partial charge in [0.1, 0.15) is 0 Å². The van der Waals surface area contributed by atoms with Gasteiger partial charge in [0.2, 0.25) is 0 Å². The van der Waals surface area contributed by atoms with Crippen LogP contribution in [0.15, 0.2) is 55.1 Å². The summed E-state index contributed by atoms with van der Waals surface area (Å²) in [4.78, 5) is 8.09. The SMILES string of the molecule is Clc1nccnc1Nc1cnn(Cc2ccccc2)c1. The highest BCUT2D eigenvalue weighted by molar-refractivity contribution is 6.31. The van der Waals surface area contributed by atoms with Crippen LogP contribution in [-0.4, -0.2) is 19.7 Å². The van der Waals surface area contributed by atoms with E-state index in [9.17, 15) is 0 Å². The molecule has 5 nitrogen and oxygen atoms in total. The third-order valence-electron chi connectivity index (χ3n) is 2.74. The molecule has 0 saturated carbocycles. The van der Waals surface area contributed by atoms with Crippen molar-refractivity contribution in [1.82, 2.24) is 19.7 Å². The zero-order chi connectivity index (χ0) is 13.8. The minimum atomic E-state index is 0.336. The summed E-state index contributed by atoms with van der Waals surface area (Å²) >= 11 is 5.95. The summed E-state index contributed by atoms with van der Waals surface area (Å²) in [6.45, 7) is 0.719. The van der Waals surface area contributed by atoms with Gasteiger partial charge in [0.25, 0.3) is 0 Å². The smallest absolute Gasteiger partial charge is 0.171 e. The molecule has 0 radical (unpaired) electrons. The number of rotatable bonds is 4. The van der Waals surface area contributed by atoms with Crippen LogP contribution in [0.25, 0.3) is 0 Å². The van der Waals surface area contributed by atoms with Crippen molar-refractivity contribution >= 4 is 23.1 Å². The molecule has 0 atom stereocenters. The number of benzene rings is 1. The first-order valence-electron chi connectivity index (χ1n) is 6.11. The lowest BCUT2D eigenvalue weighted by Gasteiger charge is -2.03. The van der Waals surface area contributed by atoms with Gasteiger partial charge in [-0.25, -0.2) is 9.97 Å². The average molecular weight is 286 g/mol. The zero-order valence-electron chi connectivity index (χ0n) is 10.6. The molecule has 100 valence electrons. The van der Waals surface area contributed by atoms with Crippen molar-refractivity contribution in [1.29, 1.82) is 0 Å². The van der Waals surface area contributed by atoms with Crippen LogP contribution < -0.4 is 5.32 Å². The van der Waals surface area contributed by atoms with Crippen molar-refractivity contribution < 1.29 is 0 Å². The Morgan fingerprint density at radius 3 is 2.70 bits per heavy atom. The molecule has 0 aliphatic heterocycles. The molecule has 0 aliphatic carbocycles. The van der Waals surface area contributed by atoms with E-state index in [1.54, 1.807) is 18.6 Å². The fourth-order valence-electron chi connectivity index (χ4n) is 1.83. The second-order valence-corrected chi connectivity index (χ2v) is 4.59. The summed E-state index contributed by atoms with van der Waals surface area (Å²) in [6, 6.07) is 10.1. The molecule has 3 aromatic rings. The monoisotopic (exact) mass is 285 g/mol. The second-order valence-electron chi connectivity index (χ2n) is 4.23. The van der Waals surface area contributed by atoms with Gasteiger partial charge < -0.3 is 5.32 Å². The van der Waals surface area contributed by atoms with E-state index in [1.807, 2.05) is 29.1 Å². The van der Waals surface area contributed by atoms with Crippen molar-refractivity contribution in [3.63, 3.8) is 0 Å². The molecule has 6 heteroatoms. The van der Waals surface area contributed by atoms with E-state index in [0.717, 1.165) is 12.2 Å². The Hall–Kier alpha value is -2.40. The highest BCUT2D eigenvalue weighted by Gasteiger charge is 2.04. The predicted molar refractivity (Wildman–Crippen MR) is 78.1 cm³/mol. The lowest BCUT2D eigenvalue weighted by atomic mass is 10.2. The van der Waals surface area contributed by atoms with Gasteiger partial charge in [-0.1, -0.05) is 41.9 Å². The predicted octanol–water partition coefficient (Wildman–Crippen LogP) is 3.12. The van der Waals surface area contributed by atoms with Crippen LogP contribution in [0.2, 0.25) is 5.15 Å². The topological polar surface area (TPSA) is 55.6 Å². The first kappa shape index (κ1) is 12.6. The fourth-order valence-corrected chi connectivity index (χ4v) is 1.98. The van der Waals surface area contributed by atoms with Crippen molar-refractivity contribution in [3.8, 4) is 0 Å². The van der Waals surface area contributed by atoms with Crippen LogP contribution in [-0.2, 0) is 6.54 Å². The van der Waals surface area contributed by atoms with Gasteiger partial charge in [0.05, 0.1) is 18.4 Å².